The van der Waals surface area contributed by atoms with Gasteiger partial charge in [0.25, 0.3) is 0 Å². The Bertz CT molecular complexity index is 925. The van der Waals surface area contributed by atoms with Crippen LogP contribution in [0.4, 0.5) is 11.6 Å². The lowest BCUT2D eigenvalue weighted by Gasteiger charge is -2.07. The number of nitrogens with one attached hydrogen (secondary N) is 1. The SMILES string of the molecule is Nc1nccc(-c2ccc3[nH]nc(N)c3c2)c1C#CC1CC1. The van der Waals surface area contributed by atoms with Gasteiger partial charge in [0.1, 0.15) is 5.82 Å². The predicted molar refractivity (Wildman–Crippen MR) is 87.8 cm³/mol. The smallest absolute Gasteiger partial charge is 0.153 e. The molecule has 0 saturated heterocycles. The van der Waals surface area contributed by atoms with Gasteiger partial charge in [0.15, 0.2) is 5.82 Å². The molecule has 108 valence electrons. The van der Waals surface area contributed by atoms with Crippen molar-refractivity contribution in [2.24, 2.45) is 5.92 Å². The van der Waals surface area contributed by atoms with E-state index in [1.807, 2.05) is 24.3 Å². The predicted octanol–water partition coefficient (Wildman–Crippen LogP) is 2.55. The topological polar surface area (TPSA) is 93.6 Å². The van der Waals surface area contributed by atoms with Crippen LogP contribution in [0.5, 0.6) is 0 Å². The van der Waals surface area contributed by atoms with Crippen LogP contribution in [-0.4, -0.2) is 15.2 Å². The minimum Gasteiger partial charge on any atom is -0.383 e. The number of pyridine rings is 1. The van der Waals surface area contributed by atoms with Crippen LogP contribution in [0.2, 0.25) is 0 Å². The molecule has 1 aliphatic rings. The number of nitrogen functional groups attached to an aromatic ring is 2. The molecule has 4 rings (SSSR count). The van der Waals surface area contributed by atoms with Crippen molar-refractivity contribution in [2.45, 2.75) is 12.8 Å². The van der Waals surface area contributed by atoms with Gasteiger partial charge in [-0.1, -0.05) is 17.9 Å². The number of nitrogens with zero attached hydrogens (tertiary/aromatic N) is 2. The second kappa shape index (κ2) is 4.78. The van der Waals surface area contributed by atoms with Crippen LogP contribution in [0, 0.1) is 17.8 Å². The first-order valence-corrected chi connectivity index (χ1v) is 7.22. The zero-order chi connectivity index (χ0) is 15.1. The first-order valence-electron chi connectivity index (χ1n) is 7.22. The molecule has 0 radical (unpaired) electrons. The molecule has 0 unspecified atom stereocenters. The van der Waals surface area contributed by atoms with Crippen molar-refractivity contribution < 1.29 is 0 Å². The molecule has 5 N–H and O–H groups in total. The maximum absolute atomic E-state index is 6.03. The standard InChI is InChI=1S/C17H15N5/c18-16-13(5-3-10-1-2-10)12(7-8-20-16)11-4-6-15-14(9-11)17(19)22-21-15/h4,6-10H,1-2H2,(H2,18,20)(H3,19,21,22). The van der Waals surface area contributed by atoms with Gasteiger partial charge in [0.05, 0.1) is 11.1 Å². The lowest BCUT2D eigenvalue weighted by atomic mass is 9.99. The molecule has 3 aromatic rings. The third-order valence-corrected chi connectivity index (χ3v) is 3.86. The number of fused-ring (bicyclic) bond motifs is 1. The number of rotatable bonds is 1. The van der Waals surface area contributed by atoms with E-state index in [4.69, 9.17) is 11.5 Å². The Morgan fingerprint density at radius 1 is 1.14 bits per heavy atom. The first-order chi connectivity index (χ1) is 10.7. The van der Waals surface area contributed by atoms with Crippen LogP contribution in [-0.2, 0) is 0 Å². The van der Waals surface area contributed by atoms with Gasteiger partial charge in [-0.2, -0.15) is 5.10 Å². The van der Waals surface area contributed by atoms with Crippen LogP contribution < -0.4 is 11.5 Å². The minimum absolute atomic E-state index is 0.464. The zero-order valence-electron chi connectivity index (χ0n) is 11.9. The summed E-state index contributed by atoms with van der Waals surface area (Å²) in [6.45, 7) is 0. The molecule has 0 spiro atoms. The lowest BCUT2D eigenvalue weighted by Crippen LogP contribution is -1.97. The Hall–Kier alpha value is -3.00. The molecule has 1 fully saturated rings. The number of nitrogens with two attached hydrogens (primary N) is 2. The Morgan fingerprint density at radius 2 is 2.00 bits per heavy atom. The maximum Gasteiger partial charge on any atom is 0.153 e. The normalized spacial score (nSPS) is 13.8. The second-order valence-corrected chi connectivity index (χ2v) is 5.53. The number of hydrogen-bond donors (Lipinski definition) is 3. The van der Waals surface area contributed by atoms with Crippen LogP contribution >= 0.6 is 0 Å². The van der Waals surface area contributed by atoms with Crippen molar-refractivity contribution in [3.05, 3.63) is 36.0 Å². The molecule has 1 aliphatic carbocycles. The highest BCUT2D eigenvalue weighted by Crippen LogP contribution is 2.31. The molecule has 0 bridgehead atoms. The highest BCUT2D eigenvalue weighted by atomic mass is 15.1. The molecule has 1 aromatic carbocycles. The van der Waals surface area contributed by atoms with Crippen LogP contribution in [0.3, 0.4) is 0 Å². The molecule has 0 atom stereocenters. The fourth-order valence-corrected chi connectivity index (χ4v) is 2.45. The molecule has 5 nitrogen and oxygen atoms in total. The van der Waals surface area contributed by atoms with E-state index in [1.165, 1.54) is 12.8 Å². The van der Waals surface area contributed by atoms with Gasteiger partial charge in [-0.05, 0) is 36.6 Å². The van der Waals surface area contributed by atoms with Crippen LogP contribution in [0.15, 0.2) is 30.5 Å². The summed E-state index contributed by atoms with van der Waals surface area (Å²) in [5.41, 5.74) is 15.6. The van der Waals surface area contributed by atoms with E-state index >= 15 is 0 Å². The molecule has 1 saturated carbocycles. The summed E-state index contributed by atoms with van der Waals surface area (Å²) >= 11 is 0. The first kappa shape index (κ1) is 12.7. The Kier molecular flexibility index (Phi) is 2.76. The van der Waals surface area contributed by atoms with Gasteiger partial charge in [-0.15, -0.1) is 0 Å². The largest absolute Gasteiger partial charge is 0.383 e. The van der Waals surface area contributed by atoms with Crippen molar-refractivity contribution in [1.82, 2.24) is 15.2 Å². The highest BCUT2D eigenvalue weighted by Gasteiger charge is 2.18. The third-order valence-electron chi connectivity index (χ3n) is 3.86. The number of aromatic amines is 1. The minimum atomic E-state index is 0.464. The summed E-state index contributed by atoms with van der Waals surface area (Å²) in [5.74, 6) is 7.93. The summed E-state index contributed by atoms with van der Waals surface area (Å²) in [6, 6.07) is 7.91. The van der Waals surface area contributed by atoms with Crippen molar-refractivity contribution in [3.8, 4) is 23.0 Å². The molecule has 2 aromatic heterocycles. The van der Waals surface area contributed by atoms with Gasteiger partial charge in [-0.25, -0.2) is 4.98 Å². The summed E-state index contributed by atoms with van der Waals surface area (Å²) in [7, 11) is 0. The van der Waals surface area contributed by atoms with E-state index in [-0.39, 0.29) is 0 Å². The molecule has 2 heterocycles. The van der Waals surface area contributed by atoms with Crippen molar-refractivity contribution in [3.63, 3.8) is 0 Å². The van der Waals surface area contributed by atoms with Gasteiger partial charge in [-0.3, -0.25) is 5.10 Å². The van der Waals surface area contributed by atoms with E-state index in [2.05, 4.69) is 27.0 Å². The fourth-order valence-electron chi connectivity index (χ4n) is 2.45. The van der Waals surface area contributed by atoms with Gasteiger partial charge in [0, 0.05) is 23.1 Å². The van der Waals surface area contributed by atoms with Gasteiger partial charge >= 0.3 is 0 Å². The summed E-state index contributed by atoms with van der Waals surface area (Å²) in [6.07, 6.45) is 4.07. The summed E-state index contributed by atoms with van der Waals surface area (Å²) in [4.78, 5) is 4.17. The van der Waals surface area contributed by atoms with Crippen LogP contribution in [0.1, 0.15) is 18.4 Å². The Labute approximate surface area is 127 Å². The average Bonchev–Trinajstić information content (AvgIpc) is 3.29. The van der Waals surface area contributed by atoms with E-state index in [0.29, 0.717) is 17.6 Å². The number of hydrogen-bond acceptors (Lipinski definition) is 4. The van der Waals surface area contributed by atoms with Crippen LogP contribution in [0.25, 0.3) is 22.0 Å². The molecule has 0 amide bonds. The van der Waals surface area contributed by atoms with E-state index in [1.54, 1.807) is 6.20 Å². The maximum atomic E-state index is 6.03. The zero-order valence-corrected chi connectivity index (χ0v) is 11.9. The number of anilines is 2. The fraction of sp³-hybridized carbons (Fsp3) is 0.176. The number of aromatic nitrogens is 3. The van der Waals surface area contributed by atoms with Crippen molar-refractivity contribution in [2.75, 3.05) is 11.5 Å². The molecular formula is C17H15N5. The molecule has 5 heteroatoms. The third kappa shape index (κ3) is 2.15. The molecule has 22 heavy (non-hydrogen) atoms. The molecule has 0 aliphatic heterocycles. The summed E-state index contributed by atoms with van der Waals surface area (Å²) < 4.78 is 0. The monoisotopic (exact) mass is 289 g/mol. The van der Waals surface area contributed by atoms with E-state index in [9.17, 15) is 0 Å². The quantitative estimate of drug-likeness (QED) is 0.600. The van der Waals surface area contributed by atoms with Crippen molar-refractivity contribution >= 4 is 22.5 Å². The van der Waals surface area contributed by atoms with E-state index in [0.717, 1.165) is 27.6 Å². The molecular weight excluding hydrogens is 274 g/mol. The lowest BCUT2D eigenvalue weighted by molar-refractivity contribution is 1.13. The van der Waals surface area contributed by atoms with Gasteiger partial charge < -0.3 is 11.5 Å². The summed E-state index contributed by atoms with van der Waals surface area (Å²) in [5, 5.41) is 7.82. The van der Waals surface area contributed by atoms with E-state index < -0.39 is 0 Å². The second-order valence-electron chi connectivity index (χ2n) is 5.53. The number of benzene rings is 1. The highest BCUT2D eigenvalue weighted by molar-refractivity contribution is 5.93. The number of H-pyrrole nitrogens is 1. The van der Waals surface area contributed by atoms with Crippen molar-refractivity contribution in [1.29, 1.82) is 0 Å². The Balaban J connectivity index is 1.88. The Morgan fingerprint density at radius 3 is 2.82 bits per heavy atom. The average molecular weight is 289 g/mol. The van der Waals surface area contributed by atoms with Gasteiger partial charge in [0.2, 0.25) is 0 Å².